The molecule has 2 rings (SSSR count). The summed E-state index contributed by atoms with van der Waals surface area (Å²) in [7, 11) is 0. The van der Waals surface area contributed by atoms with E-state index in [0.29, 0.717) is 0 Å². The smallest absolute Gasteiger partial charge is 0.0445 e. The van der Waals surface area contributed by atoms with Crippen molar-refractivity contribution in [1.82, 2.24) is 0 Å². The Labute approximate surface area is 105 Å². The summed E-state index contributed by atoms with van der Waals surface area (Å²) < 4.78 is 0. The fourth-order valence-electron chi connectivity index (χ4n) is 2.48. The van der Waals surface area contributed by atoms with Crippen molar-refractivity contribution in [3.05, 3.63) is 35.9 Å². The second-order valence-corrected chi connectivity index (χ2v) is 4.91. The fraction of sp³-hybridized carbons (Fsp3) is 0.500. The number of nitrogens with zero attached hydrogens (tertiary/aromatic N) is 1. The molecule has 1 heteroatoms. The quantitative estimate of drug-likeness (QED) is 0.672. The molecule has 17 heavy (non-hydrogen) atoms. The van der Waals surface area contributed by atoms with Crippen LogP contribution in [0.1, 0.15) is 45.1 Å². The molecule has 0 saturated heterocycles. The lowest BCUT2D eigenvalue weighted by Crippen LogP contribution is -2.27. The monoisotopic (exact) mass is 229 g/mol. The lowest BCUT2D eigenvalue weighted by atomic mass is 10.00. The minimum Gasteiger partial charge on any atom is -0.367 e. The summed E-state index contributed by atoms with van der Waals surface area (Å²) in [5, 5.41) is 0. The highest BCUT2D eigenvalue weighted by molar-refractivity contribution is 5.78. The molecule has 1 aliphatic rings. The van der Waals surface area contributed by atoms with E-state index in [9.17, 15) is 0 Å². The predicted octanol–water partition coefficient (Wildman–Crippen LogP) is 4.49. The molecule has 0 spiro atoms. The van der Waals surface area contributed by atoms with Gasteiger partial charge in [-0.2, -0.15) is 0 Å². The van der Waals surface area contributed by atoms with E-state index >= 15 is 0 Å². The second kappa shape index (κ2) is 5.90. The van der Waals surface area contributed by atoms with Crippen LogP contribution in [0, 0.1) is 0 Å². The predicted molar refractivity (Wildman–Crippen MR) is 76.4 cm³/mol. The highest BCUT2D eigenvalue weighted by atomic mass is 15.1. The molecule has 1 heterocycles. The Hall–Kier alpha value is -1.24. The van der Waals surface area contributed by atoms with E-state index in [1.54, 1.807) is 0 Å². The van der Waals surface area contributed by atoms with Crippen molar-refractivity contribution in [3.63, 3.8) is 0 Å². The second-order valence-electron chi connectivity index (χ2n) is 4.91. The van der Waals surface area contributed by atoms with Crippen molar-refractivity contribution < 1.29 is 0 Å². The zero-order chi connectivity index (χ0) is 12.1. The molecule has 0 radical (unpaired) electrons. The van der Waals surface area contributed by atoms with Crippen LogP contribution in [0.2, 0.25) is 0 Å². The van der Waals surface area contributed by atoms with Gasteiger partial charge in [0.25, 0.3) is 0 Å². The van der Waals surface area contributed by atoms with Gasteiger partial charge in [0.15, 0.2) is 0 Å². The SMILES string of the molecule is CCCCCCN1CC=C(C)c2ccccc21. The molecular formula is C16H23N. The fourth-order valence-corrected chi connectivity index (χ4v) is 2.48. The Morgan fingerprint density at radius 1 is 1.12 bits per heavy atom. The third kappa shape index (κ3) is 2.91. The summed E-state index contributed by atoms with van der Waals surface area (Å²) >= 11 is 0. The molecular weight excluding hydrogens is 206 g/mol. The number of allylic oxidation sites excluding steroid dienone is 1. The van der Waals surface area contributed by atoms with E-state index in [2.05, 4.69) is 49.1 Å². The standard InChI is InChI=1S/C16H23N/c1-3-4-5-8-12-17-13-11-14(2)15-9-6-7-10-16(15)17/h6-7,9-11H,3-5,8,12-13H2,1-2H3. The minimum absolute atomic E-state index is 1.08. The number of unbranched alkanes of at least 4 members (excludes halogenated alkanes) is 3. The van der Waals surface area contributed by atoms with E-state index in [1.807, 2.05) is 0 Å². The van der Waals surface area contributed by atoms with Crippen LogP contribution in [0.4, 0.5) is 5.69 Å². The number of hydrogen-bond donors (Lipinski definition) is 0. The molecule has 0 atom stereocenters. The summed E-state index contributed by atoms with van der Waals surface area (Å²) in [5.41, 5.74) is 4.25. The molecule has 0 aromatic heterocycles. The Morgan fingerprint density at radius 3 is 2.76 bits per heavy atom. The molecule has 1 aromatic carbocycles. The molecule has 1 nitrogen and oxygen atoms in total. The van der Waals surface area contributed by atoms with Gasteiger partial charge in [-0.25, -0.2) is 0 Å². The first-order valence-electron chi connectivity index (χ1n) is 6.84. The normalized spacial score (nSPS) is 14.5. The average Bonchev–Trinajstić information content (AvgIpc) is 2.37. The Morgan fingerprint density at radius 2 is 1.94 bits per heavy atom. The first-order valence-corrected chi connectivity index (χ1v) is 6.84. The summed E-state index contributed by atoms with van der Waals surface area (Å²) in [5.74, 6) is 0. The van der Waals surface area contributed by atoms with Gasteiger partial charge in [0.05, 0.1) is 0 Å². The lowest BCUT2D eigenvalue weighted by molar-refractivity contribution is 0.653. The first-order chi connectivity index (χ1) is 8.33. The van der Waals surface area contributed by atoms with Gasteiger partial charge in [-0.3, -0.25) is 0 Å². The van der Waals surface area contributed by atoms with Crippen molar-refractivity contribution in [3.8, 4) is 0 Å². The molecule has 92 valence electrons. The summed E-state index contributed by atoms with van der Waals surface area (Å²) in [4.78, 5) is 2.51. The molecule has 0 bridgehead atoms. The van der Waals surface area contributed by atoms with Crippen LogP contribution in [-0.4, -0.2) is 13.1 Å². The van der Waals surface area contributed by atoms with Gasteiger partial charge >= 0.3 is 0 Å². The van der Waals surface area contributed by atoms with Gasteiger partial charge < -0.3 is 4.90 Å². The zero-order valence-corrected chi connectivity index (χ0v) is 11.1. The molecule has 0 amide bonds. The van der Waals surface area contributed by atoms with Crippen molar-refractivity contribution in [2.75, 3.05) is 18.0 Å². The number of fused-ring (bicyclic) bond motifs is 1. The van der Waals surface area contributed by atoms with Gasteiger partial charge in [0.2, 0.25) is 0 Å². The van der Waals surface area contributed by atoms with E-state index in [0.717, 1.165) is 6.54 Å². The van der Waals surface area contributed by atoms with E-state index < -0.39 is 0 Å². The van der Waals surface area contributed by atoms with Gasteiger partial charge in [0, 0.05) is 24.3 Å². The van der Waals surface area contributed by atoms with Crippen molar-refractivity contribution in [2.45, 2.75) is 39.5 Å². The maximum atomic E-state index is 2.51. The third-order valence-corrected chi connectivity index (χ3v) is 3.57. The Bertz CT molecular complexity index is 392. The number of benzene rings is 1. The highest BCUT2D eigenvalue weighted by Gasteiger charge is 2.14. The summed E-state index contributed by atoms with van der Waals surface area (Å²) in [6.07, 6.45) is 7.70. The average molecular weight is 229 g/mol. The largest absolute Gasteiger partial charge is 0.367 e. The van der Waals surface area contributed by atoms with E-state index in [4.69, 9.17) is 0 Å². The van der Waals surface area contributed by atoms with Gasteiger partial charge in [-0.1, -0.05) is 50.5 Å². The number of para-hydroxylation sites is 1. The molecule has 0 fully saturated rings. The van der Waals surface area contributed by atoms with Gasteiger partial charge in [-0.15, -0.1) is 0 Å². The highest BCUT2D eigenvalue weighted by Crippen LogP contribution is 2.30. The molecule has 1 aliphatic heterocycles. The summed E-state index contributed by atoms with van der Waals surface area (Å²) in [6.45, 7) is 6.76. The zero-order valence-electron chi connectivity index (χ0n) is 11.1. The van der Waals surface area contributed by atoms with Crippen LogP contribution >= 0.6 is 0 Å². The van der Waals surface area contributed by atoms with E-state index in [1.165, 1.54) is 49.1 Å². The molecule has 0 aliphatic carbocycles. The third-order valence-electron chi connectivity index (χ3n) is 3.57. The van der Waals surface area contributed by atoms with Crippen molar-refractivity contribution in [1.29, 1.82) is 0 Å². The Balaban J connectivity index is 2.01. The lowest BCUT2D eigenvalue weighted by Gasteiger charge is -2.30. The van der Waals surface area contributed by atoms with Crippen LogP contribution in [0.25, 0.3) is 5.57 Å². The number of rotatable bonds is 5. The van der Waals surface area contributed by atoms with Gasteiger partial charge in [-0.05, 0) is 25.0 Å². The van der Waals surface area contributed by atoms with Crippen molar-refractivity contribution >= 4 is 11.3 Å². The molecule has 0 saturated carbocycles. The van der Waals surface area contributed by atoms with Crippen LogP contribution in [0.5, 0.6) is 0 Å². The van der Waals surface area contributed by atoms with Gasteiger partial charge in [0.1, 0.15) is 0 Å². The van der Waals surface area contributed by atoms with Crippen LogP contribution in [0.3, 0.4) is 0 Å². The summed E-state index contributed by atoms with van der Waals surface area (Å²) in [6, 6.07) is 8.78. The number of anilines is 1. The molecule has 0 unspecified atom stereocenters. The van der Waals surface area contributed by atoms with Crippen LogP contribution < -0.4 is 4.90 Å². The first kappa shape index (κ1) is 12.2. The number of hydrogen-bond acceptors (Lipinski definition) is 1. The van der Waals surface area contributed by atoms with Crippen LogP contribution in [0.15, 0.2) is 30.3 Å². The Kier molecular flexibility index (Phi) is 4.24. The molecule has 1 aromatic rings. The van der Waals surface area contributed by atoms with Crippen molar-refractivity contribution in [2.24, 2.45) is 0 Å². The maximum absolute atomic E-state index is 2.51. The van der Waals surface area contributed by atoms with E-state index in [-0.39, 0.29) is 0 Å². The minimum atomic E-state index is 1.08. The topological polar surface area (TPSA) is 3.24 Å². The maximum Gasteiger partial charge on any atom is 0.0445 e. The van der Waals surface area contributed by atoms with Crippen LogP contribution in [-0.2, 0) is 0 Å². The molecule has 0 N–H and O–H groups in total.